The van der Waals surface area contributed by atoms with Gasteiger partial charge in [-0.1, -0.05) is 12.1 Å². The van der Waals surface area contributed by atoms with Gasteiger partial charge in [0.2, 0.25) is 0 Å². The molecule has 1 fully saturated rings. The number of sulfone groups is 1. The molecule has 0 atom stereocenters. The minimum absolute atomic E-state index is 0.0317. The lowest BCUT2D eigenvalue weighted by atomic mass is 10.2. The van der Waals surface area contributed by atoms with E-state index in [2.05, 4.69) is 0 Å². The summed E-state index contributed by atoms with van der Waals surface area (Å²) >= 11 is 0. The molecule has 2 rings (SSSR count). The summed E-state index contributed by atoms with van der Waals surface area (Å²) < 4.78 is 27.9. The fraction of sp³-hybridized carbons (Fsp3) is 0.462. The molecular formula is C13H18N2O4S. The van der Waals surface area contributed by atoms with E-state index >= 15 is 0 Å². The molecule has 6 nitrogen and oxygen atoms in total. The molecule has 0 aromatic heterocycles. The second-order valence-electron chi connectivity index (χ2n) is 4.67. The van der Waals surface area contributed by atoms with Gasteiger partial charge in [-0.2, -0.15) is 0 Å². The number of nitrogens with zero attached hydrogens (tertiary/aromatic N) is 1. The summed E-state index contributed by atoms with van der Waals surface area (Å²) in [6.45, 7) is 0.872. The SMILES string of the molecule is NCc1ccc(OCC(=O)N2CCS(=O)(=O)CC2)cc1. The van der Waals surface area contributed by atoms with Gasteiger partial charge < -0.3 is 15.4 Å². The van der Waals surface area contributed by atoms with Gasteiger partial charge in [0, 0.05) is 19.6 Å². The zero-order valence-electron chi connectivity index (χ0n) is 11.1. The van der Waals surface area contributed by atoms with Crippen molar-refractivity contribution in [3.05, 3.63) is 29.8 Å². The Bertz CT molecular complexity index is 555. The third-order valence-electron chi connectivity index (χ3n) is 3.22. The van der Waals surface area contributed by atoms with Crippen molar-refractivity contribution in [2.24, 2.45) is 5.73 Å². The lowest BCUT2D eigenvalue weighted by molar-refractivity contribution is -0.133. The molecule has 0 aliphatic carbocycles. The van der Waals surface area contributed by atoms with Crippen LogP contribution in [0.1, 0.15) is 5.56 Å². The Morgan fingerprint density at radius 2 is 1.80 bits per heavy atom. The highest BCUT2D eigenvalue weighted by molar-refractivity contribution is 7.91. The Kier molecular flexibility index (Phi) is 4.61. The van der Waals surface area contributed by atoms with Crippen molar-refractivity contribution in [1.29, 1.82) is 0 Å². The summed E-state index contributed by atoms with van der Waals surface area (Å²) in [5.74, 6) is 0.469. The zero-order chi connectivity index (χ0) is 14.6. The van der Waals surface area contributed by atoms with E-state index in [1.54, 1.807) is 12.1 Å². The third-order valence-corrected chi connectivity index (χ3v) is 4.83. The van der Waals surface area contributed by atoms with Gasteiger partial charge in [-0.05, 0) is 17.7 Å². The molecule has 1 aromatic rings. The largest absolute Gasteiger partial charge is 0.484 e. The molecule has 1 aromatic carbocycles. The van der Waals surface area contributed by atoms with E-state index in [0.29, 0.717) is 12.3 Å². The Morgan fingerprint density at radius 3 is 2.35 bits per heavy atom. The van der Waals surface area contributed by atoms with Crippen molar-refractivity contribution in [2.45, 2.75) is 6.54 Å². The lowest BCUT2D eigenvalue weighted by Crippen LogP contribution is -2.45. The van der Waals surface area contributed by atoms with Crippen LogP contribution in [-0.4, -0.2) is 50.4 Å². The average Bonchev–Trinajstić information content (AvgIpc) is 2.45. The van der Waals surface area contributed by atoms with Crippen molar-refractivity contribution in [3.8, 4) is 5.75 Å². The number of carbonyl (C=O) groups is 1. The van der Waals surface area contributed by atoms with Crippen LogP contribution in [0.4, 0.5) is 0 Å². The smallest absolute Gasteiger partial charge is 0.260 e. The van der Waals surface area contributed by atoms with Gasteiger partial charge in [0.1, 0.15) is 5.75 Å². The minimum Gasteiger partial charge on any atom is -0.484 e. The Morgan fingerprint density at radius 1 is 1.20 bits per heavy atom. The number of ether oxygens (including phenoxy) is 1. The molecule has 7 heteroatoms. The van der Waals surface area contributed by atoms with Crippen molar-refractivity contribution >= 4 is 15.7 Å². The van der Waals surface area contributed by atoms with E-state index in [1.807, 2.05) is 12.1 Å². The summed E-state index contributed by atoms with van der Waals surface area (Å²) in [5.41, 5.74) is 6.48. The molecular weight excluding hydrogens is 280 g/mol. The van der Waals surface area contributed by atoms with Crippen LogP contribution in [0.15, 0.2) is 24.3 Å². The molecule has 1 aliphatic rings. The number of rotatable bonds is 4. The predicted octanol–water partition coefficient (Wildman–Crippen LogP) is -0.219. The average molecular weight is 298 g/mol. The van der Waals surface area contributed by atoms with Crippen LogP contribution < -0.4 is 10.5 Å². The molecule has 2 N–H and O–H groups in total. The Balaban J connectivity index is 1.83. The number of carbonyl (C=O) groups excluding carboxylic acids is 1. The van der Waals surface area contributed by atoms with Gasteiger partial charge in [-0.25, -0.2) is 8.42 Å². The van der Waals surface area contributed by atoms with Crippen molar-refractivity contribution in [2.75, 3.05) is 31.2 Å². The van der Waals surface area contributed by atoms with Crippen LogP contribution in [0.3, 0.4) is 0 Å². The third kappa shape index (κ3) is 3.94. The number of hydrogen-bond donors (Lipinski definition) is 1. The second kappa shape index (κ2) is 6.23. The normalized spacial score (nSPS) is 17.8. The van der Waals surface area contributed by atoms with Crippen LogP contribution in [0.2, 0.25) is 0 Å². The first-order chi connectivity index (χ1) is 9.50. The fourth-order valence-corrected chi connectivity index (χ4v) is 3.12. The topological polar surface area (TPSA) is 89.7 Å². The molecule has 1 heterocycles. The summed E-state index contributed by atoms with van der Waals surface area (Å²) in [6, 6.07) is 7.20. The first-order valence-corrected chi connectivity index (χ1v) is 8.22. The maximum Gasteiger partial charge on any atom is 0.260 e. The summed E-state index contributed by atoms with van der Waals surface area (Å²) in [5, 5.41) is 0. The van der Waals surface area contributed by atoms with Crippen LogP contribution >= 0.6 is 0 Å². The highest BCUT2D eigenvalue weighted by atomic mass is 32.2. The zero-order valence-corrected chi connectivity index (χ0v) is 11.9. The molecule has 0 bridgehead atoms. The van der Waals surface area contributed by atoms with E-state index in [1.165, 1.54) is 4.90 Å². The van der Waals surface area contributed by atoms with Gasteiger partial charge in [0.25, 0.3) is 5.91 Å². The van der Waals surface area contributed by atoms with Gasteiger partial charge in [0.15, 0.2) is 16.4 Å². The van der Waals surface area contributed by atoms with E-state index < -0.39 is 9.84 Å². The molecule has 20 heavy (non-hydrogen) atoms. The molecule has 0 spiro atoms. The van der Waals surface area contributed by atoms with E-state index in [4.69, 9.17) is 10.5 Å². The van der Waals surface area contributed by atoms with E-state index in [0.717, 1.165) is 5.56 Å². The molecule has 1 aliphatic heterocycles. The maximum absolute atomic E-state index is 11.9. The Labute approximate surface area is 118 Å². The number of nitrogens with two attached hydrogens (primary N) is 1. The standard InChI is InChI=1S/C13H18N2O4S/c14-9-11-1-3-12(4-2-11)19-10-13(16)15-5-7-20(17,18)8-6-15/h1-4H,5-10,14H2. The molecule has 0 saturated carbocycles. The number of benzene rings is 1. The monoisotopic (exact) mass is 298 g/mol. The van der Waals surface area contributed by atoms with Gasteiger partial charge in [-0.15, -0.1) is 0 Å². The first-order valence-electron chi connectivity index (χ1n) is 6.40. The van der Waals surface area contributed by atoms with E-state index in [-0.39, 0.29) is 37.1 Å². The molecule has 110 valence electrons. The van der Waals surface area contributed by atoms with Gasteiger partial charge in [-0.3, -0.25) is 4.79 Å². The minimum atomic E-state index is -2.97. The molecule has 0 radical (unpaired) electrons. The number of hydrogen-bond acceptors (Lipinski definition) is 5. The van der Waals surface area contributed by atoms with Crippen molar-refractivity contribution in [1.82, 2.24) is 4.90 Å². The summed E-state index contributed by atoms with van der Waals surface area (Å²) in [7, 11) is -2.97. The summed E-state index contributed by atoms with van der Waals surface area (Å²) in [4.78, 5) is 13.4. The Hall–Kier alpha value is -1.60. The van der Waals surface area contributed by atoms with Crippen molar-refractivity contribution in [3.63, 3.8) is 0 Å². The second-order valence-corrected chi connectivity index (χ2v) is 6.97. The first kappa shape index (κ1) is 14.8. The highest BCUT2D eigenvalue weighted by Crippen LogP contribution is 2.12. The lowest BCUT2D eigenvalue weighted by Gasteiger charge is -2.26. The fourth-order valence-electron chi connectivity index (χ4n) is 1.92. The van der Waals surface area contributed by atoms with Crippen molar-refractivity contribution < 1.29 is 17.9 Å². The predicted molar refractivity (Wildman–Crippen MR) is 75.1 cm³/mol. The van der Waals surface area contributed by atoms with E-state index in [9.17, 15) is 13.2 Å². The number of amides is 1. The van der Waals surface area contributed by atoms with Gasteiger partial charge in [0.05, 0.1) is 11.5 Å². The maximum atomic E-state index is 11.9. The quantitative estimate of drug-likeness (QED) is 0.830. The summed E-state index contributed by atoms with van der Waals surface area (Å²) in [6.07, 6.45) is 0. The van der Waals surface area contributed by atoms with Crippen LogP contribution in [0, 0.1) is 0 Å². The van der Waals surface area contributed by atoms with Crippen LogP contribution in [0.5, 0.6) is 5.75 Å². The molecule has 1 amide bonds. The highest BCUT2D eigenvalue weighted by Gasteiger charge is 2.25. The molecule has 0 unspecified atom stereocenters. The van der Waals surface area contributed by atoms with Crippen LogP contribution in [-0.2, 0) is 21.2 Å². The van der Waals surface area contributed by atoms with Gasteiger partial charge >= 0.3 is 0 Å². The molecule has 1 saturated heterocycles. The van der Waals surface area contributed by atoms with Crippen LogP contribution in [0.25, 0.3) is 0 Å².